The Hall–Kier alpha value is -3.20. The third-order valence-electron chi connectivity index (χ3n) is 5.97. The summed E-state index contributed by atoms with van der Waals surface area (Å²) >= 11 is 3.54. The molecule has 2 aliphatic rings. The molecule has 2 fully saturated rings. The molecule has 2 saturated heterocycles. The van der Waals surface area contributed by atoms with E-state index in [-0.39, 0.29) is 0 Å². The summed E-state index contributed by atoms with van der Waals surface area (Å²) in [5, 5.41) is 4.44. The third kappa shape index (κ3) is 5.64. The van der Waals surface area contributed by atoms with Crippen molar-refractivity contribution in [2.45, 2.75) is 32.3 Å². The number of benzene rings is 2. The molecule has 0 radical (unpaired) electrons. The summed E-state index contributed by atoms with van der Waals surface area (Å²) in [5.74, 6) is 2.66. The molecule has 2 aromatic carbocycles. The minimum absolute atomic E-state index is 0.455. The average molecular weight is 522 g/mol. The van der Waals surface area contributed by atoms with Gasteiger partial charge in [0.25, 0.3) is 0 Å². The molecule has 8 nitrogen and oxygen atoms in total. The van der Waals surface area contributed by atoms with Crippen molar-refractivity contribution in [1.82, 2.24) is 15.0 Å². The van der Waals surface area contributed by atoms with Crippen LogP contribution in [0.4, 0.5) is 17.8 Å². The first-order valence-electron chi connectivity index (χ1n) is 11.8. The molecule has 2 aliphatic heterocycles. The second kappa shape index (κ2) is 10.8. The molecule has 1 N–H and O–H groups in total. The molecule has 0 aliphatic carbocycles. The topological polar surface area (TPSA) is 78.8 Å². The quantitative estimate of drug-likeness (QED) is 0.335. The molecule has 0 saturated carbocycles. The van der Waals surface area contributed by atoms with Gasteiger partial charge in [-0.05, 0) is 49.4 Å². The van der Waals surface area contributed by atoms with E-state index in [0.717, 1.165) is 59.4 Å². The maximum atomic E-state index is 6.06. The zero-order valence-electron chi connectivity index (χ0n) is 19.0. The monoisotopic (exact) mass is 521 g/mol. The van der Waals surface area contributed by atoms with Gasteiger partial charge in [0.2, 0.25) is 17.8 Å². The summed E-state index contributed by atoms with van der Waals surface area (Å²) in [5.41, 5.74) is 4.99. The predicted molar refractivity (Wildman–Crippen MR) is 139 cm³/mol. The molecule has 3 heterocycles. The van der Waals surface area contributed by atoms with Crippen LogP contribution in [0.25, 0.3) is 0 Å². The fraction of sp³-hybridized carbons (Fsp3) is 0.360. The van der Waals surface area contributed by atoms with E-state index in [4.69, 9.17) is 9.72 Å². The summed E-state index contributed by atoms with van der Waals surface area (Å²) in [7, 11) is 0. The summed E-state index contributed by atoms with van der Waals surface area (Å²) in [6.45, 7) is 4.40. The van der Waals surface area contributed by atoms with E-state index >= 15 is 0 Å². The first kappa shape index (κ1) is 22.6. The van der Waals surface area contributed by atoms with Gasteiger partial charge in [-0.1, -0.05) is 46.3 Å². The fourth-order valence-corrected chi connectivity index (χ4v) is 4.55. The number of rotatable bonds is 8. The molecule has 3 aromatic rings. The minimum Gasteiger partial charge on any atom is -0.488 e. The molecule has 1 aromatic heterocycles. The lowest BCUT2D eigenvalue weighted by atomic mass is 10.2. The number of nitrogens with zero attached hydrogens (tertiary/aromatic N) is 6. The van der Waals surface area contributed by atoms with Crippen LogP contribution in [-0.4, -0.2) is 47.3 Å². The zero-order valence-corrected chi connectivity index (χ0v) is 20.6. The van der Waals surface area contributed by atoms with Crippen molar-refractivity contribution in [3.05, 3.63) is 64.1 Å². The van der Waals surface area contributed by atoms with E-state index < -0.39 is 0 Å². The highest BCUT2D eigenvalue weighted by molar-refractivity contribution is 9.10. The zero-order chi connectivity index (χ0) is 23.2. The standard InChI is InChI=1S/C25H28BrN7O/c26-21-10-11-22(34-18-19-8-2-1-3-9-19)20(16-21)17-27-31-23-28-24(32-12-4-5-13-32)30-25(29-23)33-14-6-7-15-33/h1-3,8-11,16-17H,4-7,12-15,18H2,(H,28,29,30,31)/b27-17+. The fourth-order valence-electron chi connectivity index (χ4n) is 4.17. The highest BCUT2D eigenvalue weighted by atomic mass is 79.9. The first-order chi connectivity index (χ1) is 16.7. The van der Waals surface area contributed by atoms with Gasteiger partial charge in [0.05, 0.1) is 6.21 Å². The first-order valence-corrected chi connectivity index (χ1v) is 12.6. The van der Waals surface area contributed by atoms with Gasteiger partial charge in [-0.3, -0.25) is 0 Å². The number of hydrogen-bond acceptors (Lipinski definition) is 8. The molecule has 9 heteroatoms. The maximum Gasteiger partial charge on any atom is 0.250 e. The van der Waals surface area contributed by atoms with Crippen LogP contribution in [0.15, 0.2) is 58.1 Å². The molecule has 0 bridgehead atoms. The normalized spacial score (nSPS) is 15.9. The minimum atomic E-state index is 0.455. The van der Waals surface area contributed by atoms with E-state index in [0.29, 0.717) is 12.6 Å². The number of nitrogens with one attached hydrogen (secondary N) is 1. The lowest BCUT2D eigenvalue weighted by molar-refractivity contribution is 0.306. The van der Waals surface area contributed by atoms with Crippen LogP contribution in [0.3, 0.4) is 0 Å². The van der Waals surface area contributed by atoms with E-state index in [2.05, 4.69) is 46.2 Å². The third-order valence-corrected chi connectivity index (χ3v) is 6.46. The van der Waals surface area contributed by atoms with Crippen molar-refractivity contribution in [2.24, 2.45) is 5.10 Å². The molecule has 0 amide bonds. The van der Waals surface area contributed by atoms with Crippen LogP contribution in [0.5, 0.6) is 5.75 Å². The van der Waals surface area contributed by atoms with Crippen LogP contribution < -0.4 is 20.0 Å². The molecular weight excluding hydrogens is 494 g/mol. The van der Waals surface area contributed by atoms with E-state index in [1.807, 2.05) is 48.5 Å². The molecule has 0 atom stereocenters. The summed E-state index contributed by atoms with van der Waals surface area (Å²) in [4.78, 5) is 18.5. The van der Waals surface area contributed by atoms with Crippen LogP contribution in [-0.2, 0) is 6.61 Å². The molecule has 0 unspecified atom stereocenters. The number of hydrazone groups is 1. The van der Waals surface area contributed by atoms with Gasteiger partial charge in [0.1, 0.15) is 12.4 Å². The molecule has 0 spiro atoms. The summed E-state index contributed by atoms with van der Waals surface area (Å²) in [6.07, 6.45) is 6.40. The van der Waals surface area contributed by atoms with Crippen LogP contribution >= 0.6 is 15.9 Å². The predicted octanol–water partition coefficient (Wildman–Crippen LogP) is 4.86. The molecule has 34 heavy (non-hydrogen) atoms. The van der Waals surface area contributed by atoms with Crippen molar-refractivity contribution in [2.75, 3.05) is 41.4 Å². The average Bonchev–Trinajstić information content (AvgIpc) is 3.59. The van der Waals surface area contributed by atoms with Crippen LogP contribution in [0.1, 0.15) is 36.8 Å². The number of halogens is 1. The molecule has 5 rings (SSSR count). The van der Waals surface area contributed by atoms with Crippen LogP contribution in [0.2, 0.25) is 0 Å². The van der Waals surface area contributed by atoms with E-state index in [1.165, 1.54) is 25.7 Å². The Labute approximate surface area is 208 Å². The smallest absolute Gasteiger partial charge is 0.250 e. The van der Waals surface area contributed by atoms with Gasteiger partial charge in [-0.2, -0.15) is 20.1 Å². The Kier molecular flexibility index (Phi) is 7.19. The number of anilines is 3. The van der Waals surface area contributed by atoms with Crippen molar-refractivity contribution >= 4 is 40.0 Å². The van der Waals surface area contributed by atoms with Gasteiger partial charge in [-0.25, -0.2) is 5.43 Å². The van der Waals surface area contributed by atoms with Gasteiger partial charge >= 0.3 is 0 Å². The van der Waals surface area contributed by atoms with Crippen molar-refractivity contribution < 1.29 is 4.74 Å². The number of aromatic nitrogens is 3. The van der Waals surface area contributed by atoms with E-state index in [9.17, 15) is 0 Å². The Morgan fingerprint density at radius 1 is 0.882 bits per heavy atom. The number of ether oxygens (including phenoxy) is 1. The van der Waals surface area contributed by atoms with Gasteiger partial charge in [0, 0.05) is 36.2 Å². The second-order valence-electron chi connectivity index (χ2n) is 8.47. The Bertz CT molecular complexity index is 1100. The van der Waals surface area contributed by atoms with Crippen molar-refractivity contribution in [3.63, 3.8) is 0 Å². The van der Waals surface area contributed by atoms with Gasteiger partial charge < -0.3 is 14.5 Å². The largest absolute Gasteiger partial charge is 0.488 e. The van der Waals surface area contributed by atoms with E-state index in [1.54, 1.807) is 6.21 Å². The Morgan fingerprint density at radius 3 is 2.18 bits per heavy atom. The van der Waals surface area contributed by atoms with Gasteiger partial charge in [-0.15, -0.1) is 0 Å². The second-order valence-corrected chi connectivity index (χ2v) is 9.39. The van der Waals surface area contributed by atoms with Crippen LogP contribution in [0, 0.1) is 0 Å². The molecular formula is C25H28BrN7O. The van der Waals surface area contributed by atoms with Crippen molar-refractivity contribution in [1.29, 1.82) is 0 Å². The number of hydrogen-bond donors (Lipinski definition) is 1. The summed E-state index contributed by atoms with van der Waals surface area (Å²) in [6, 6.07) is 16.0. The Balaban J connectivity index is 1.33. The van der Waals surface area contributed by atoms with Gasteiger partial charge in [0.15, 0.2) is 0 Å². The SMILES string of the molecule is Brc1ccc(OCc2ccccc2)c(/C=N/Nc2nc(N3CCCC3)nc(N3CCCC3)n2)c1. The Morgan fingerprint density at radius 2 is 1.53 bits per heavy atom. The lowest BCUT2D eigenvalue weighted by Crippen LogP contribution is -2.25. The summed E-state index contributed by atoms with van der Waals surface area (Å²) < 4.78 is 7.01. The highest BCUT2D eigenvalue weighted by Crippen LogP contribution is 2.24. The lowest BCUT2D eigenvalue weighted by Gasteiger charge is -2.20. The molecule has 176 valence electrons. The van der Waals surface area contributed by atoms with Crippen molar-refractivity contribution in [3.8, 4) is 5.75 Å². The maximum absolute atomic E-state index is 6.06. The highest BCUT2D eigenvalue weighted by Gasteiger charge is 2.21.